The van der Waals surface area contributed by atoms with Crippen molar-refractivity contribution >= 4 is 0 Å². The minimum Gasteiger partial charge on any atom is -0.396 e. The van der Waals surface area contributed by atoms with E-state index in [0.29, 0.717) is 17.4 Å². The zero-order valence-corrected chi connectivity index (χ0v) is 15.5. The van der Waals surface area contributed by atoms with Gasteiger partial charge in [-0.1, -0.05) is 32.4 Å². The Morgan fingerprint density at radius 1 is 1.09 bits per heavy atom. The molecule has 0 heterocycles. The monoisotopic (exact) mass is 316 g/mol. The van der Waals surface area contributed by atoms with E-state index in [1.165, 1.54) is 51.4 Å². The zero-order valence-electron chi connectivity index (χ0n) is 15.5. The van der Waals surface area contributed by atoms with Crippen LogP contribution in [0, 0.1) is 40.4 Å². The van der Waals surface area contributed by atoms with E-state index < -0.39 is 0 Å². The number of fused-ring (bicyclic) bond motifs is 5. The molecule has 0 saturated heterocycles. The van der Waals surface area contributed by atoms with E-state index in [9.17, 15) is 5.11 Å². The van der Waals surface area contributed by atoms with Crippen molar-refractivity contribution in [2.24, 2.45) is 40.4 Å². The van der Waals surface area contributed by atoms with Crippen molar-refractivity contribution in [2.45, 2.75) is 78.6 Å². The minimum absolute atomic E-state index is 0.390. The summed E-state index contributed by atoms with van der Waals surface area (Å²) in [5.74, 6) is 4.48. The highest BCUT2D eigenvalue weighted by molar-refractivity contribution is 5.24. The zero-order chi connectivity index (χ0) is 16.2. The van der Waals surface area contributed by atoms with Crippen molar-refractivity contribution < 1.29 is 5.11 Å². The van der Waals surface area contributed by atoms with Crippen LogP contribution in [0.4, 0.5) is 0 Å². The lowest BCUT2D eigenvalue weighted by Crippen LogP contribution is -2.50. The maximum absolute atomic E-state index is 9.47. The molecule has 4 rings (SSSR count). The fourth-order valence-electron chi connectivity index (χ4n) is 7.58. The highest BCUT2D eigenvalue weighted by atomic mass is 16.3. The molecule has 0 aromatic rings. The molecule has 3 fully saturated rings. The summed E-state index contributed by atoms with van der Waals surface area (Å²) in [5, 5.41) is 9.47. The predicted molar refractivity (Wildman–Crippen MR) is 96.1 cm³/mol. The van der Waals surface area contributed by atoms with Crippen LogP contribution in [0.15, 0.2) is 11.6 Å². The third-order valence-corrected chi connectivity index (χ3v) is 9.02. The van der Waals surface area contributed by atoms with Gasteiger partial charge in [0.1, 0.15) is 0 Å². The lowest BCUT2D eigenvalue weighted by molar-refractivity contribution is -0.0465. The molecule has 3 unspecified atom stereocenters. The molecule has 0 aromatic carbocycles. The molecule has 0 radical (unpaired) electrons. The molecule has 0 aliphatic heterocycles. The van der Waals surface area contributed by atoms with Crippen LogP contribution in [0.3, 0.4) is 0 Å². The third-order valence-electron chi connectivity index (χ3n) is 9.02. The number of aliphatic hydroxyl groups excluding tert-OH is 1. The standard InChI is InChI=1S/C22H36O/c1-15-8-11-22(3)17(14-15)4-6-18-19-7-5-16(10-13-23)21(19,2)12-9-20(18)22/h4,15-16,18-20,23H,5-14H2,1-3H3/t15-,16?,18-,19?,20?,21+,22-/m0/s1. The Balaban J connectivity index is 1.62. The van der Waals surface area contributed by atoms with E-state index in [1.807, 2.05) is 5.57 Å². The van der Waals surface area contributed by atoms with E-state index in [0.717, 1.165) is 36.0 Å². The average Bonchev–Trinajstić information content (AvgIpc) is 2.85. The summed E-state index contributed by atoms with van der Waals surface area (Å²) in [5.41, 5.74) is 2.87. The molecule has 3 saturated carbocycles. The largest absolute Gasteiger partial charge is 0.396 e. The van der Waals surface area contributed by atoms with Gasteiger partial charge in [-0.15, -0.1) is 0 Å². The van der Waals surface area contributed by atoms with E-state index in [2.05, 4.69) is 26.8 Å². The predicted octanol–water partition coefficient (Wildman–Crippen LogP) is 5.58. The summed E-state index contributed by atoms with van der Waals surface area (Å²) in [6, 6.07) is 0. The molecule has 4 aliphatic rings. The number of hydrogen-bond donors (Lipinski definition) is 1. The van der Waals surface area contributed by atoms with E-state index >= 15 is 0 Å². The topological polar surface area (TPSA) is 20.2 Å². The van der Waals surface area contributed by atoms with Crippen LogP contribution in [0.25, 0.3) is 0 Å². The van der Waals surface area contributed by atoms with Crippen LogP contribution in [-0.4, -0.2) is 11.7 Å². The molecule has 4 aliphatic carbocycles. The van der Waals surface area contributed by atoms with E-state index in [4.69, 9.17) is 0 Å². The van der Waals surface area contributed by atoms with Crippen molar-refractivity contribution in [3.63, 3.8) is 0 Å². The van der Waals surface area contributed by atoms with Crippen LogP contribution in [0.5, 0.6) is 0 Å². The minimum atomic E-state index is 0.390. The fraction of sp³-hybridized carbons (Fsp3) is 0.909. The molecule has 1 heteroatoms. The Bertz CT molecular complexity index is 494. The summed E-state index contributed by atoms with van der Waals surface area (Å²) in [6.07, 6.45) is 15.0. The number of aliphatic hydroxyl groups is 1. The Morgan fingerprint density at radius 3 is 2.70 bits per heavy atom. The Morgan fingerprint density at radius 2 is 1.91 bits per heavy atom. The van der Waals surface area contributed by atoms with Gasteiger partial charge < -0.3 is 5.11 Å². The first kappa shape index (κ1) is 16.2. The van der Waals surface area contributed by atoms with Gasteiger partial charge in [-0.05, 0) is 98.2 Å². The van der Waals surface area contributed by atoms with Crippen molar-refractivity contribution in [3.8, 4) is 0 Å². The van der Waals surface area contributed by atoms with Crippen molar-refractivity contribution in [3.05, 3.63) is 11.6 Å². The molecular weight excluding hydrogens is 280 g/mol. The molecule has 130 valence electrons. The summed E-state index contributed by atoms with van der Waals surface area (Å²) in [6.45, 7) is 8.03. The van der Waals surface area contributed by atoms with Crippen LogP contribution >= 0.6 is 0 Å². The number of rotatable bonds is 2. The summed E-state index contributed by atoms with van der Waals surface area (Å²) < 4.78 is 0. The summed E-state index contributed by atoms with van der Waals surface area (Å²) in [4.78, 5) is 0. The maximum Gasteiger partial charge on any atom is 0.0433 e. The fourth-order valence-corrected chi connectivity index (χ4v) is 7.58. The highest BCUT2D eigenvalue weighted by Gasteiger charge is 2.58. The molecule has 0 aromatic heterocycles. The van der Waals surface area contributed by atoms with Gasteiger partial charge >= 0.3 is 0 Å². The molecule has 0 bridgehead atoms. The van der Waals surface area contributed by atoms with Crippen molar-refractivity contribution in [1.29, 1.82) is 0 Å². The van der Waals surface area contributed by atoms with Crippen LogP contribution in [0.1, 0.15) is 78.6 Å². The van der Waals surface area contributed by atoms with E-state index in [-0.39, 0.29) is 0 Å². The van der Waals surface area contributed by atoms with E-state index in [1.54, 1.807) is 0 Å². The quantitative estimate of drug-likeness (QED) is 0.659. The second kappa shape index (κ2) is 5.61. The number of allylic oxidation sites excluding steroid dienone is 2. The molecule has 0 spiro atoms. The van der Waals surface area contributed by atoms with Gasteiger partial charge in [0.2, 0.25) is 0 Å². The summed E-state index contributed by atoms with van der Waals surface area (Å²) >= 11 is 0. The Kier molecular flexibility index (Phi) is 3.95. The van der Waals surface area contributed by atoms with Gasteiger partial charge in [0.05, 0.1) is 0 Å². The second-order valence-electron chi connectivity index (χ2n) is 9.94. The first-order valence-corrected chi connectivity index (χ1v) is 10.3. The van der Waals surface area contributed by atoms with Gasteiger partial charge in [0.25, 0.3) is 0 Å². The lowest BCUT2D eigenvalue weighted by atomic mass is 9.47. The average molecular weight is 317 g/mol. The Labute approximate surface area is 142 Å². The first-order valence-electron chi connectivity index (χ1n) is 10.3. The normalized spacial score (nSPS) is 52.3. The molecule has 7 atom stereocenters. The van der Waals surface area contributed by atoms with Crippen LogP contribution in [-0.2, 0) is 0 Å². The van der Waals surface area contributed by atoms with Gasteiger partial charge in [0, 0.05) is 6.61 Å². The summed E-state index contributed by atoms with van der Waals surface area (Å²) in [7, 11) is 0. The van der Waals surface area contributed by atoms with Gasteiger partial charge in [0.15, 0.2) is 0 Å². The molecule has 1 nitrogen and oxygen atoms in total. The smallest absolute Gasteiger partial charge is 0.0433 e. The van der Waals surface area contributed by atoms with Gasteiger partial charge in [-0.3, -0.25) is 0 Å². The highest BCUT2D eigenvalue weighted by Crippen LogP contribution is 2.66. The first-order chi connectivity index (χ1) is 11.0. The van der Waals surface area contributed by atoms with Crippen molar-refractivity contribution in [1.82, 2.24) is 0 Å². The number of hydrogen-bond acceptors (Lipinski definition) is 1. The van der Waals surface area contributed by atoms with Crippen LogP contribution < -0.4 is 0 Å². The second-order valence-corrected chi connectivity index (χ2v) is 9.94. The maximum atomic E-state index is 9.47. The molecule has 1 N–H and O–H groups in total. The van der Waals surface area contributed by atoms with Gasteiger partial charge in [-0.25, -0.2) is 0 Å². The lowest BCUT2D eigenvalue weighted by Gasteiger charge is -2.58. The SMILES string of the molecule is C[C@H]1CC[C@@]2(C)C(=CC[C@H]3C4CCC(CCO)[C@@]4(C)CCC32)C1. The molecule has 0 amide bonds. The van der Waals surface area contributed by atoms with Crippen LogP contribution in [0.2, 0.25) is 0 Å². The molecular formula is C22H36O. The van der Waals surface area contributed by atoms with Gasteiger partial charge in [-0.2, -0.15) is 0 Å². The van der Waals surface area contributed by atoms with Crippen molar-refractivity contribution in [2.75, 3.05) is 6.61 Å². The Hall–Kier alpha value is -0.300. The molecule has 23 heavy (non-hydrogen) atoms. The third kappa shape index (κ3) is 2.29.